The SMILES string of the molecule is CC1CCCC2(CC(=O)N(CCCN3CCN(c4ccccc4F)CC3)C2=O)C1. The van der Waals surface area contributed by atoms with E-state index in [4.69, 9.17) is 0 Å². The zero-order chi connectivity index (χ0) is 20.4. The van der Waals surface area contributed by atoms with Crippen LogP contribution in [0.25, 0.3) is 0 Å². The molecule has 2 atom stereocenters. The van der Waals surface area contributed by atoms with Gasteiger partial charge in [0.15, 0.2) is 0 Å². The smallest absolute Gasteiger partial charge is 0.235 e. The van der Waals surface area contributed by atoms with Gasteiger partial charge in [-0.05, 0) is 43.9 Å². The minimum atomic E-state index is -0.403. The van der Waals surface area contributed by atoms with Crippen molar-refractivity contribution >= 4 is 17.5 Å². The largest absolute Gasteiger partial charge is 0.367 e. The van der Waals surface area contributed by atoms with E-state index in [1.165, 1.54) is 17.4 Å². The van der Waals surface area contributed by atoms with Crippen LogP contribution in [0.1, 0.15) is 45.4 Å². The number of para-hydroxylation sites is 1. The quantitative estimate of drug-likeness (QED) is 0.710. The lowest BCUT2D eigenvalue weighted by Crippen LogP contribution is -2.47. The van der Waals surface area contributed by atoms with Crippen molar-refractivity contribution in [2.45, 2.75) is 45.4 Å². The van der Waals surface area contributed by atoms with Gasteiger partial charge in [0.1, 0.15) is 5.82 Å². The molecule has 1 aromatic rings. The van der Waals surface area contributed by atoms with Gasteiger partial charge in [0.05, 0.1) is 11.1 Å². The molecule has 5 nitrogen and oxygen atoms in total. The average Bonchev–Trinajstić information content (AvgIpc) is 2.92. The Kier molecular flexibility index (Phi) is 5.91. The van der Waals surface area contributed by atoms with E-state index in [-0.39, 0.29) is 17.6 Å². The van der Waals surface area contributed by atoms with Gasteiger partial charge in [-0.25, -0.2) is 4.39 Å². The summed E-state index contributed by atoms with van der Waals surface area (Å²) in [4.78, 5) is 31.5. The lowest BCUT2D eigenvalue weighted by molar-refractivity contribution is -0.142. The number of hydrogen-bond donors (Lipinski definition) is 0. The average molecular weight is 402 g/mol. The molecule has 1 saturated carbocycles. The Bertz CT molecular complexity index is 762. The molecule has 0 bridgehead atoms. The van der Waals surface area contributed by atoms with Gasteiger partial charge in [0, 0.05) is 39.1 Å². The van der Waals surface area contributed by atoms with E-state index in [1.54, 1.807) is 6.07 Å². The molecule has 0 aromatic heterocycles. The van der Waals surface area contributed by atoms with Crippen molar-refractivity contribution < 1.29 is 14.0 Å². The molecule has 1 aromatic carbocycles. The number of carbonyl (C=O) groups excluding carboxylic acids is 2. The first kappa shape index (κ1) is 20.3. The van der Waals surface area contributed by atoms with Crippen molar-refractivity contribution in [1.82, 2.24) is 9.80 Å². The Morgan fingerprint density at radius 2 is 1.86 bits per heavy atom. The predicted molar refractivity (Wildman–Crippen MR) is 111 cm³/mol. The molecular formula is C23H32FN3O2. The number of rotatable bonds is 5. The third-order valence-corrected chi connectivity index (χ3v) is 7.00. The first-order chi connectivity index (χ1) is 14.0. The van der Waals surface area contributed by atoms with E-state index in [9.17, 15) is 14.0 Å². The van der Waals surface area contributed by atoms with E-state index in [0.717, 1.165) is 58.4 Å². The molecule has 2 aliphatic heterocycles. The monoisotopic (exact) mass is 401 g/mol. The van der Waals surface area contributed by atoms with Crippen molar-refractivity contribution in [3.05, 3.63) is 30.1 Å². The van der Waals surface area contributed by atoms with Crippen LogP contribution in [0.4, 0.5) is 10.1 Å². The fraction of sp³-hybridized carbons (Fsp3) is 0.652. The minimum absolute atomic E-state index is 0.0217. The summed E-state index contributed by atoms with van der Waals surface area (Å²) in [7, 11) is 0. The highest BCUT2D eigenvalue weighted by molar-refractivity contribution is 6.05. The van der Waals surface area contributed by atoms with Gasteiger partial charge in [-0.15, -0.1) is 0 Å². The number of benzene rings is 1. The van der Waals surface area contributed by atoms with E-state index < -0.39 is 5.41 Å². The highest BCUT2D eigenvalue weighted by atomic mass is 19.1. The van der Waals surface area contributed by atoms with Gasteiger partial charge >= 0.3 is 0 Å². The molecule has 1 spiro atoms. The topological polar surface area (TPSA) is 43.9 Å². The Hall–Kier alpha value is -1.95. The van der Waals surface area contributed by atoms with Crippen LogP contribution >= 0.6 is 0 Å². The lowest BCUT2D eigenvalue weighted by atomic mass is 9.69. The van der Waals surface area contributed by atoms with Gasteiger partial charge in [0.25, 0.3) is 0 Å². The zero-order valence-electron chi connectivity index (χ0n) is 17.4. The lowest BCUT2D eigenvalue weighted by Gasteiger charge is -2.36. The van der Waals surface area contributed by atoms with Crippen LogP contribution in [0.15, 0.2) is 24.3 Å². The molecular weight excluding hydrogens is 369 g/mol. The van der Waals surface area contributed by atoms with Crippen LogP contribution in [-0.4, -0.2) is 60.9 Å². The van der Waals surface area contributed by atoms with Crippen LogP contribution in [0.2, 0.25) is 0 Å². The number of nitrogens with zero attached hydrogens (tertiary/aromatic N) is 3. The number of amides is 2. The highest BCUT2D eigenvalue weighted by Gasteiger charge is 2.52. The van der Waals surface area contributed by atoms with Crippen molar-refractivity contribution in [3.8, 4) is 0 Å². The number of anilines is 1. The van der Waals surface area contributed by atoms with E-state index in [2.05, 4.69) is 16.7 Å². The number of hydrogen-bond acceptors (Lipinski definition) is 4. The first-order valence-electron chi connectivity index (χ1n) is 11.1. The number of piperazine rings is 1. The van der Waals surface area contributed by atoms with Gasteiger partial charge in [-0.3, -0.25) is 19.4 Å². The first-order valence-corrected chi connectivity index (χ1v) is 11.1. The third-order valence-electron chi connectivity index (χ3n) is 7.00. The van der Waals surface area contributed by atoms with Crippen molar-refractivity contribution in [1.29, 1.82) is 0 Å². The molecule has 1 aliphatic carbocycles. The van der Waals surface area contributed by atoms with Gasteiger partial charge in [0.2, 0.25) is 11.8 Å². The molecule has 2 amide bonds. The zero-order valence-corrected chi connectivity index (χ0v) is 17.4. The summed E-state index contributed by atoms with van der Waals surface area (Å²) in [6.07, 6.45) is 5.19. The van der Waals surface area contributed by atoms with E-state index >= 15 is 0 Å². The fourth-order valence-corrected chi connectivity index (χ4v) is 5.47. The maximum Gasteiger partial charge on any atom is 0.235 e. The van der Waals surface area contributed by atoms with Crippen LogP contribution in [0.3, 0.4) is 0 Å². The second kappa shape index (κ2) is 8.42. The Morgan fingerprint density at radius 1 is 1.10 bits per heavy atom. The standard InChI is InChI=1S/C23H32FN3O2/c1-18-6-4-9-23(16-18)17-21(28)27(22(23)29)11-5-10-25-12-14-26(15-13-25)20-8-3-2-7-19(20)24/h2-3,7-8,18H,4-6,9-17H2,1H3. The highest BCUT2D eigenvalue weighted by Crippen LogP contribution is 2.47. The molecule has 2 heterocycles. The molecule has 2 unspecified atom stereocenters. The second-order valence-electron chi connectivity index (χ2n) is 9.14. The van der Waals surface area contributed by atoms with Crippen molar-refractivity contribution in [2.75, 3.05) is 44.2 Å². The predicted octanol–water partition coefficient (Wildman–Crippen LogP) is 3.29. The van der Waals surface area contributed by atoms with Crippen LogP contribution in [-0.2, 0) is 9.59 Å². The molecule has 0 N–H and O–H groups in total. The minimum Gasteiger partial charge on any atom is -0.367 e. The van der Waals surface area contributed by atoms with Gasteiger partial charge in [-0.2, -0.15) is 0 Å². The van der Waals surface area contributed by atoms with Gasteiger partial charge < -0.3 is 4.90 Å². The Morgan fingerprint density at radius 3 is 2.59 bits per heavy atom. The molecule has 158 valence electrons. The summed E-state index contributed by atoms with van der Waals surface area (Å²) in [6, 6.07) is 6.92. The molecule has 3 fully saturated rings. The Balaban J connectivity index is 1.24. The number of halogens is 1. The molecule has 4 rings (SSSR count). The number of likely N-dealkylation sites (tertiary alicyclic amines) is 1. The molecule has 6 heteroatoms. The van der Waals surface area contributed by atoms with Crippen LogP contribution in [0.5, 0.6) is 0 Å². The van der Waals surface area contributed by atoms with E-state index in [0.29, 0.717) is 24.6 Å². The number of imide groups is 1. The summed E-state index contributed by atoms with van der Waals surface area (Å²) >= 11 is 0. The van der Waals surface area contributed by atoms with E-state index in [1.807, 2.05) is 12.1 Å². The normalized spacial score (nSPS) is 28.6. The molecule has 3 aliphatic rings. The summed E-state index contributed by atoms with van der Waals surface area (Å²) < 4.78 is 14.0. The van der Waals surface area contributed by atoms with Crippen molar-refractivity contribution in [3.63, 3.8) is 0 Å². The Labute approximate surface area is 172 Å². The summed E-state index contributed by atoms with van der Waals surface area (Å²) in [5.74, 6) is 0.469. The third kappa shape index (κ3) is 4.18. The summed E-state index contributed by atoms with van der Waals surface area (Å²) in [5, 5.41) is 0. The molecule has 29 heavy (non-hydrogen) atoms. The van der Waals surface area contributed by atoms with Crippen LogP contribution < -0.4 is 4.90 Å². The second-order valence-corrected chi connectivity index (χ2v) is 9.14. The molecule has 2 saturated heterocycles. The number of carbonyl (C=O) groups is 2. The fourth-order valence-electron chi connectivity index (χ4n) is 5.47. The van der Waals surface area contributed by atoms with Crippen LogP contribution in [0, 0.1) is 17.2 Å². The maximum atomic E-state index is 14.0. The van der Waals surface area contributed by atoms with Crippen molar-refractivity contribution in [2.24, 2.45) is 11.3 Å². The summed E-state index contributed by atoms with van der Waals surface area (Å²) in [6.45, 7) is 6.93. The maximum absolute atomic E-state index is 14.0. The summed E-state index contributed by atoms with van der Waals surface area (Å²) in [5.41, 5.74) is 0.271. The van der Waals surface area contributed by atoms with Gasteiger partial charge in [-0.1, -0.05) is 31.9 Å². The molecule has 0 radical (unpaired) electrons.